The molecule has 0 spiro atoms. The van der Waals surface area contributed by atoms with Crippen LogP contribution in [0.3, 0.4) is 0 Å². The molecular weight excluding hydrogens is 310 g/mol. The molecule has 2 aromatic carbocycles. The van der Waals surface area contributed by atoms with Crippen LogP contribution in [-0.4, -0.2) is 48.7 Å². The van der Waals surface area contributed by atoms with Crippen molar-refractivity contribution >= 4 is 23.1 Å². The average Bonchev–Trinajstić information content (AvgIpc) is 2.82. The third kappa shape index (κ3) is 2.80. The van der Waals surface area contributed by atoms with E-state index >= 15 is 0 Å². The van der Waals surface area contributed by atoms with Gasteiger partial charge in [0.2, 0.25) is 0 Å². The summed E-state index contributed by atoms with van der Waals surface area (Å²) >= 11 is 6.15. The summed E-state index contributed by atoms with van der Waals surface area (Å²) in [6.45, 7) is -11.9. The van der Waals surface area contributed by atoms with Gasteiger partial charge >= 0.3 is 0 Å². The smallest absolute Gasteiger partial charge is 0.153 e. The molecule has 2 heterocycles. The molecular formula is C18H18ClN3O. The van der Waals surface area contributed by atoms with Crippen molar-refractivity contribution in [3.8, 4) is 11.5 Å². The second kappa shape index (κ2) is 5.87. The van der Waals surface area contributed by atoms with E-state index in [2.05, 4.69) is 4.99 Å². The van der Waals surface area contributed by atoms with Crippen LogP contribution in [0.4, 0.5) is 5.69 Å². The van der Waals surface area contributed by atoms with E-state index in [-0.39, 0.29) is 27.9 Å². The number of fused-ring (bicyclic) bond motifs is 2. The second-order valence-corrected chi connectivity index (χ2v) is 5.42. The lowest BCUT2D eigenvalue weighted by molar-refractivity contribution is 0.215. The maximum absolute atomic E-state index is 8.55. The van der Waals surface area contributed by atoms with Crippen molar-refractivity contribution in [2.24, 2.45) is 4.99 Å². The maximum atomic E-state index is 8.55. The van der Waals surface area contributed by atoms with Crippen LogP contribution in [0.1, 0.15) is 16.5 Å². The van der Waals surface area contributed by atoms with Crippen LogP contribution in [0.25, 0.3) is 0 Å². The average molecular weight is 336 g/mol. The topological polar surface area (TPSA) is 28.1 Å². The van der Waals surface area contributed by atoms with Crippen molar-refractivity contribution in [2.45, 2.75) is 0 Å². The predicted molar refractivity (Wildman–Crippen MR) is 93.2 cm³/mol. The van der Waals surface area contributed by atoms with Gasteiger partial charge in [-0.05, 0) is 37.4 Å². The fraction of sp³-hybridized carbons (Fsp3) is 0.278. The van der Waals surface area contributed by atoms with Crippen LogP contribution >= 0.6 is 11.6 Å². The summed E-state index contributed by atoms with van der Waals surface area (Å²) in [5.74, 6) is 0.181. The summed E-state index contributed by atoms with van der Waals surface area (Å²) in [4.78, 5) is 5.26. The highest BCUT2D eigenvalue weighted by atomic mass is 35.5. The molecule has 0 saturated carbocycles. The Morgan fingerprint density at radius 2 is 1.87 bits per heavy atom. The van der Waals surface area contributed by atoms with Gasteiger partial charge in [0.05, 0.1) is 11.0 Å². The summed E-state index contributed by atoms with van der Waals surface area (Å²) in [5, 5.41) is 0.238. The number of halogens is 1. The predicted octanol–water partition coefficient (Wildman–Crippen LogP) is 3.77. The molecule has 0 atom stereocenters. The fourth-order valence-electron chi connectivity index (χ4n) is 2.28. The zero-order chi connectivity index (χ0) is 23.0. The molecule has 1 fully saturated rings. The molecule has 0 N–H and O–H groups in total. The number of para-hydroxylation sites is 2. The largest absolute Gasteiger partial charge is 0.454 e. The summed E-state index contributed by atoms with van der Waals surface area (Å²) in [6.07, 6.45) is 0. The molecule has 0 radical (unpaired) electrons. The van der Waals surface area contributed by atoms with Crippen LogP contribution in [-0.2, 0) is 0 Å². The van der Waals surface area contributed by atoms with E-state index in [4.69, 9.17) is 27.3 Å². The first-order chi connectivity index (χ1) is 14.2. The molecule has 0 amide bonds. The minimum atomic E-state index is -3.03. The van der Waals surface area contributed by atoms with E-state index in [1.807, 2.05) is 0 Å². The van der Waals surface area contributed by atoms with Crippen molar-refractivity contribution in [1.82, 2.24) is 9.80 Å². The lowest BCUT2D eigenvalue weighted by Gasteiger charge is -2.34. The Bertz CT molecular complexity index is 1060. The number of nitrogens with zero attached hydrogens (tertiary/aromatic N) is 3. The molecule has 23 heavy (non-hydrogen) atoms. The molecule has 2 aliphatic heterocycles. The van der Waals surface area contributed by atoms with Crippen LogP contribution < -0.4 is 4.74 Å². The molecule has 2 aliphatic rings. The lowest BCUT2D eigenvalue weighted by Crippen LogP contribution is -2.47. The summed E-state index contributed by atoms with van der Waals surface area (Å²) in [5.41, 5.74) is 0.351. The molecule has 0 aliphatic carbocycles. The van der Waals surface area contributed by atoms with Crippen LogP contribution in [0.2, 0.25) is 5.02 Å². The molecule has 0 bridgehead atoms. The van der Waals surface area contributed by atoms with E-state index in [9.17, 15) is 0 Å². The van der Waals surface area contributed by atoms with Gasteiger partial charge in [-0.25, -0.2) is 4.99 Å². The van der Waals surface area contributed by atoms with Crippen molar-refractivity contribution in [3.63, 3.8) is 0 Å². The van der Waals surface area contributed by atoms with Gasteiger partial charge in [0.1, 0.15) is 17.3 Å². The Hall–Kier alpha value is -2.04. The number of rotatable bonds is 0. The summed E-state index contributed by atoms with van der Waals surface area (Å²) in [6, 6.07) is 11.0. The van der Waals surface area contributed by atoms with Gasteiger partial charge in [-0.15, -0.1) is 0 Å². The van der Waals surface area contributed by atoms with Crippen molar-refractivity contribution in [3.05, 3.63) is 53.1 Å². The van der Waals surface area contributed by atoms with Crippen LogP contribution in [0, 0.1) is 0 Å². The lowest BCUT2D eigenvalue weighted by atomic mass is 10.1. The monoisotopic (exact) mass is 335 g/mol. The molecule has 4 rings (SSSR count). The van der Waals surface area contributed by atoms with Crippen LogP contribution in [0.5, 0.6) is 11.5 Å². The highest BCUT2D eigenvalue weighted by Crippen LogP contribution is 2.38. The SMILES string of the molecule is [2H]C1([2H])N(C)C([2H])([2H])C([2H])([2H])N(C2=Nc3ccccc3Oc3ccc(Cl)cc32)C1([2H])[2H]. The van der Waals surface area contributed by atoms with Gasteiger partial charge in [-0.2, -0.15) is 0 Å². The van der Waals surface area contributed by atoms with Gasteiger partial charge in [-0.1, -0.05) is 23.7 Å². The number of ether oxygens (including phenoxy) is 1. The summed E-state index contributed by atoms with van der Waals surface area (Å²) in [7, 11) is 1.01. The van der Waals surface area contributed by atoms with Gasteiger partial charge in [0.15, 0.2) is 5.75 Å². The van der Waals surface area contributed by atoms with Gasteiger partial charge < -0.3 is 14.5 Å². The zero-order valence-electron chi connectivity index (χ0n) is 20.2. The van der Waals surface area contributed by atoms with E-state index in [0.717, 1.165) is 7.05 Å². The van der Waals surface area contributed by atoms with Crippen molar-refractivity contribution in [1.29, 1.82) is 0 Å². The maximum Gasteiger partial charge on any atom is 0.153 e. The van der Waals surface area contributed by atoms with E-state index < -0.39 is 26.0 Å². The Balaban J connectivity index is 2.07. The third-order valence-electron chi connectivity index (χ3n) is 3.36. The molecule has 2 aromatic rings. The van der Waals surface area contributed by atoms with Gasteiger partial charge in [0.25, 0.3) is 0 Å². The standard InChI is InChI=1S/C18H18ClN3O/c1-21-8-10-22(11-9-21)18-14-12-13(19)6-7-16(14)23-17-5-3-2-4-15(17)20-18/h2-7,12H,8-11H2,1H3/i8D2,9D2,10D2,11D2. The first kappa shape index (κ1) is 8.18. The molecule has 118 valence electrons. The Morgan fingerprint density at radius 3 is 2.70 bits per heavy atom. The van der Waals surface area contributed by atoms with Gasteiger partial charge in [0, 0.05) is 36.5 Å². The van der Waals surface area contributed by atoms with Crippen molar-refractivity contribution < 1.29 is 15.7 Å². The molecule has 4 nitrogen and oxygen atoms in total. The number of hydrogen-bond acceptors (Lipinski definition) is 4. The highest BCUT2D eigenvalue weighted by molar-refractivity contribution is 6.31. The van der Waals surface area contributed by atoms with Gasteiger partial charge in [-0.3, -0.25) is 0 Å². The number of amidine groups is 1. The highest BCUT2D eigenvalue weighted by Gasteiger charge is 2.25. The fourth-order valence-corrected chi connectivity index (χ4v) is 2.45. The van der Waals surface area contributed by atoms with Crippen LogP contribution in [0.15, 0.2) is 47.5 Å². The minimum absolute atomic E-state index is 0.104. The number of hydrogen-bond donors (Lipinski definition) is 0. The number of likely N-dealkylation sites (N-methyl/N-ethyl adjacent to an activating group) is 1. The molecule has 5 heteroatoms. The van der Waals surface area contributed by atoms with Crippen molar-refractivity contribution in [2.75, 3.05) is 33.0 Å². The Morgan fingerprint density at radius 1 is 1.09 bits per heavy atom. The third-order valence-corrected chi connectivity index (χ3v) is 3.60. The Labute approximate surface area is 152 Å². The molecule has 0 unspecified atom stereocenters. The quantitative estimate of drug-likeness (QED) is 0.733. The number of piperazine rings is 1. The zero-order valence-corrected chi connectivity index (χ0v) is 12.9. The van der Waals surface area contributed by atoms with E-state index in [1.54, 1.807) is 24.3 Å². The number of benzene rings is 2. The first-order valence-corrected chi connectivity index (χ1v) is 7.30. The Kier molecular flexibility index (Phi) is 2.09. The van der Waals surface area contributed by atoms with E-state index in [0.29, 0.717) is 15.5 Å². The normalized spacial score (nSPS) is 31.6. The number of aliphatic imine (C=N–C) groups is 1. The second-order valence-electron chi connectivity index (χ2n) is 4.99. The first-order valence-electron chi connectivity index (χ1n) is 10.9. The molecule has 1 saturated heterocycles. The molecule has 0 aromatic heterocycles. The summed E-state index contributed by atoms with van der Waals surface area (Å²) < 4.78 is 73.3. The minimum Gasteiger partial charge on any atom is -0.454 e. The van der Waals surface area contributed by atoms with E-state index in [1.165, 1.54) is 18.2 Å².